The number of piperidine rings is 1. The summed E-state index contributed by atoms with van der Waals surface area (Å²) in [6.07, 6.45) is 6.08. The van der Waals surface area contributed by atoms with Crippen LogP contribution < -0.4 is 5.32 Å². The number of rotatable bonds is 3. The lowest BCUT2D eigenvalue weighted by atomic mass is 9.99. The topological polar surface area (TPSA) is 32.3 Å². The second kappa shape index (κ2) is 6.18. The Bertz CT molecular complexity index is 526. The number of aryl methyl sites for hydroxylation is 2. The van der Waals surface area contributed by atoms with Crippen molar-refractivity contribution in [2.45, 2.75) is 52.0 Å². The molecule has 0 saturated carbocycles. The van der Waals surface area contributed by atoms with E-state index in [1.165, 1.54) is 36.8 Å². The first-order valence-electron chi connectivity index (χ1n) is 8.30. The molecular formula is C18H26N2O. The zero-order valence-corrected chi connectivity index (χ0v) is 13.2. The lowest BCUT2D eigenvalue weighted by Gasteiger charge is -2.34. The molecule has 1 aliphatic carbocycles. The minimum atomic E-state index is -0.0407. The smallest absolute Gasteiger partial charge is 0.241 e. The molecule has 1 heterocycles. The number of hydrogen-bond donors (Lipinski definition) is 1. The van der Waals surface area contributed by atoms with Crippen LogP contribution >= 0.6 is 0 Å². The molecular weight excluding hydrogens is 260 g/mol. The van der Waals surface area contributed by atoms with Crippen LogP contribution in [0.15, 0.2) is 18.2 Å². The molecule has 1 aliphatic heterocycles. The number of carbonyl (C=O) groups excluding carboxylic acids is 1. The van der Waals surface area contributed by atoms with Crippen molar-refractivity contribution >= 4 is 11.6 Å². The van der Waals surface area contributed by atoms with Gasteiger partial charge in [-0.2, -0.15) is 0 Å². The number of fused-ring (bicyclic) bond motifs is 1. The van der Waals surface area contributed by atoms with Gasteiger partial charge in [-0.1, -0.05) is 13.0 Å². The van der Waals surface area contributed by atoms with E-state index in [9.17, 15) is 4.79 Å². The van der Waals surface area contributed by atoms with Gasteiger partial charge in [-0.15, -0.1) is 0 Å². The molecule has 0 aromatic heterocycles. The van der Waals surface area contributed by atoms with Crippen LogP contribution in [0.5, 0.6) is 0 Å². The average molecular weight is 286 g/mol. The van der Waals surface area contributed by atoms with Crippen molar-refractivity contribution in [2.24, 2.45) is 5.92 Å². The quantitative estimate of drug-likeness (QED) is 0.925. The zero-order valence-electron chi connectivity index (χ0n) is 13.2. The molecule has 1 amide bonds. The fraction of sp³-hybridized carbons (Fsp3) is 0.611. The fourth-order valence-corrected chi connectivity index (χ4v) is 3.64. The van der Waals surface area contributed by atoms with E-state index < -0.39 is 0 Å². The summed E-state index contributed by atoms with van der Waals surface area (Å²) in [7, 11) is 0. The lowest BCUT2D eigenvalue weighted by molar-refractivity contribution is -0.121. The third-order valence-electron chi connectivity index (χ3n) is 4.98. The Balaban J connectivity index is 1.62. The lowest BCUT2D eigenvalue weighted by Crippen LogP contribution is -2.46. The number of likely N-dealkylation sites (tertiary alicyclic amines) is 1. The monoisotopic (exact) mass is 286 g/mol. The van der Waals surface area contributed by atoms with E-state index in [-0.39, 0.29) is 11.9 Å². The van der Waals surface area contributed by atoms with Crippen LogP contribution in [0.2, 0.25) is 0 Å². The Morgan fingerprint density at radius 1 is 1.29 bits per heavy atom. The van der Waals surface area contributed by atoms with Crippen LogP contribution in [-0.2, 0) is 17.6 Å². The van der Waals surface area contributed by atoms with Gasteiger partial charge in [0.25, 0.3) is 0 Å². The number of anilines is 1. The van der Waals surface area contributed by atoms with Crippen molar-refractivity contribution < 1.29 is 4.79 Å². The number of nitrogens with zero attached hydrogens (tertiary/aromatic N) is 1. The Kier molecular flexibility index (Phi) is 4.29. The highest BCUT2D eigenvalue weighted by Gasteiger charge is 2.25. The summed E-state index contributed by atoms with van der Waals surface area (Å²) in [5.74, 6) is 0.830. The Hall–Kier alpha value is -1.35. The Labute approximate surface area is 127 Å². The van der Waals surface area contributed by atoms with Crippen molar-refractivity contribution in [3.8, 4) is 0 Å². The van der Waals surface area contributed by atoms with Crippen molar-refractivity contribution in [1.29, 1.82) is 0 Å². The molecule has 0 unspecified atom stereocenters. The summed E-state index contributed by atoms with van der Waals surface area (Å²) in [6.45, 7) is 6.39. The molecule has 114 valence electrons. The first-order valence-corrected chi connectivity index (χ1v) is 8.30. The highest BCUT2D eigenvalue weighted by molar-refractivity contribution is 5.94. The predicted molar refractivity (Wildman–Crippen MR) is 86.5 cm³/mol. The summed E-state index contributed by atoms with van der Waals surface area (Å²) >= 11 is 0. The highest BCUT2D eigenvalue weighted by atomic mass is 16.2. The number of benzene rings is 1. The molecule has 3 rings (SSSR count). The molecule has 2 atom stereocenters. The summed E-state index contributed by atoms with van der Waals surface area (Å²) in [5, 5.41) is 3.10. The van der Waals surface area contributed by atoms with Gasteiger partial charge >= 0.3 is 0 Å². The summed E-state index contributed by atoms with van der Waals surface area (Å²) in [6, 6.07) is 6.34. The van der Waals surface area contributed by atoms with E-state index in [0.29, 0.717) is 5.92 Å². The van der Waals surface area contributed by atoms with Gasteiger partial charge in [0.15, 0.2) is 0 Å². The molecule has 21 heavy (non-hydrogen) atoms. The molecule has 3 nitrogen and oxygen atoms in total. The van der Waals surface area contributed by atoms with Gasteiger partial charge < -0.3 is 5.32 Å². The summed E-state index contributed by atoms with van der Waals surface area (Å²) in [5.41, 5.74) is 3.82. The number of nitrogens with one attached hydrogen (secondary N) is 1. The molecule has 1 fully saturated rings. The molecule has 1 aromatic rings. The standard InChI is InChI=1S/C18H26N2O/c1-13-5-4-10-20(12-13)14(2)18(21)19-17-9-8-15-6-3-7-16(15)11-17/h8-9,11,13-14H,3-7,10,12H2,1-2H3,(H,19,21)/t13-,14-/m0/s1. The number of hydrogen-bond acceptors (Lipinski definition) is 2. The Morgan fingerprint density at radius 2 is 2.10 bits per heavy atom. The normalized spacial score (nSPS) is 23.6. The third-order valence-corrected chi connectivity index (χ3v) is 4.98. The molecule has 1 N–H and O–H groups in total. The molecule has 0 radical (unpaired) electrons. The molecule has 2 aliphatic rings. The Morgan fingerprint density at radius 3 is 2.90 bits per heavy atom. The van der Waals surface area contributed by atoms with Crippen LogP contribution in [0.1, 0.15) is 44.2 Å². The second-order valence-corrected chi connectivity index (χ2v) is 6.74. The maximum atomic E-state index is 12.5. The van der Waals surface area contributed by atoms with Gasteiger partial charge in [0, 0.05) is 12.2 Å². The largest absolute Gasteiger partial charge is 0.325 e. The number of carbonyl (C=O) groups is 1. The van der Waals surface area contributed by atoms with Gasteiger partial charge in [-0.25, -0.2) is 0 Å². The molecule has 1 saturated heterocycles. The third kappa shape index (κ3) is 3.29. The van der Waals surface area contributed by atoms with Crippen molar-refractivity contribution in [3.63, 3.8) is 0 Å². The van der Waals surface area contributed by atoms with Crippen molar-refractivity contribution in [3.05, 3.63) is 29.3 Å². The predicted octanol–water partition coefficient (Wildman–Crippen LogP) is 3.23. The van der Waals surface area contributed by atoms with E-state index in [4.69, 9.17) is 0 Å². The van der Waals surface area contributed by atoms with E-state index in [2.05, 4.69) is 29.3 Å². The van der Waals surface area contributed by atoms with Gasteiger partial charge in [0.1, 0.15) is 0 Å². The van der Waals surface area contributed by atoms with Crippen LogP contribution in [0.25, 0.3) is 0 Å². The molecule has 3 heteroatoms. The van der Waals surface area contributed by atoms with E-state index >= 15 is 0 Å². The first-order chi connectivity index (χ1) is 10.1. The maximum absolute atomic E-state index is 12.5. The summed E-state index contributed by atoms with van der Waals surface area (Å²) in [4.78, 5) is 14.8. The fourth-order valence-electron chi connectivity index (χ4n) is 3.64. The minimum Gasteiger partial charge on any atom is -0.325 e. The summed E-state index contributed by atoms with van der Waals surface area (Å²) < 4.78 is 0. The molecule has 1 aromatic carbocycles. The van der Waals surface area contributed by atoms with E-state index in [1.54, 1.807) is 0 Å². The van der Waals surface area contributed by atoms with E-state index in [0.717, 1.165) is 25.2 Å². The van der Waals surface area contributed by atoms with Crippen LogP contribution in [0.3, 0.4) is 0 Å². The van der Waals surface area contributed by atoms with E-state index in [1.807, 2.05) is 13.0 Å². The van der Waals surface area contributed by atoms with Crippen molar-refractivity contribution in [1.82, 2.24) is 4.90 Å². The maximum Gasteiger partial charge on any atom is 0.241 e. The van der Waals surface area contributed by atoms with Crippen LogP contribution in [0.4, 0.5) is 5.69 Å². The van der Waals surface area contributed by atoms with Gasteiger partial charge in [0.2, 0.25) is 5.91 Å². The van der Waals surface area contributed by atoms with Crippen LogP contribution in [-0.4, -0.2) is 29.9 Å². The molecule has 0 spiro atoms. The average Bonchev–Trinajstić information content (AvgIpc) is 2.94. The van der Waals surface area contributed by atoms with Gasteiger partial charge in [0.05, 0.1) is 6.04 Å². The van der Waals surface area contributed by atoms with Crippen LogP contribution in [0, 0.1) is 5.92 Å². The van der Waals surface area contributed by atoms with Gasteiger partial charge in [-0.05, 0) is 74.8 Å². The van der Waals surface area contributed by atoms with Crippen molar-refractivity contribution in [2.75, 3.05) is 18.4 Å². The molecule has 0 bridgehead atoms. The second-order valence-electron chi connectivity index (χ2n) is 6.74. The zero-order chi connectivity index (χ0) is 14.8. The SMILES string of the molecule is C[C@H]1CCCN([C@@H](C)C(=O)Nc2ccc3c(c2)CCC3)C1. The number of amides is 1. The first kappa shape index (κ1) is 14.6. The highest BCUT2D eigenvalue weighted by Crippen LogP contribution is 2.25. The van der Waals surface area contributed by atoms with Gasteiger partial charge in [-0.3, -0.25) is 9.69 Å². The minimum absolute atomic E-state index is 0.0407.